The largest absolute Gasteiger partial charge is 0.504 e. The molecule has 9 nitrogen and oxygen atoms in total. The number of anilines is 3. The number of furan rings is 1. The molecule has 0 saturated heterocycles. The van der Waals surface area contributed by atoms with Crippen LogP contribution in [-0.2, 0) is 16.6 Å². The highest BCUT2D eigenvalue weighted by atomic mass is 32.2. The van der Waals surface area contributed by atoms with E-state index in [0.29, 0.717) is 18.2 Å². The molecule has 146 valence electrons. The molecule has 0 aromatic carbocycles. The third-order valence-electron chi connectivity index (χ3n) is 3.84. The Morgan fingerprint density at radius 3 is 2.59 bits per heavy atom. The van der Waals surface area contributed by atoms with Gasteiger partial charge in [0.25, 0.3) is 10.0 Å². The monoisotopic (exact) mass is 429 g/mol. The van der Waals surface area contributed by atoms with E-state index in [9.17, 15) is 13.5 Å². The second kappa shape index (κ2) is 7.46. The Bertz CT molecular complexity index is 1030. The molecule has 0 radical (unpaired) electrons. The lowest BCUT2D eigenvalue weighted by Gasteiger charge is -2.10. The van der Waals surface area contributed by atoms with Crippen molar-refractivity contribution in [2.24, 2.45) is 0 Å². The van der Waals surface area contributed by atoms with Gasteiger partial charge in [0.1, 0.15) is 11.5 Å². The van der Waals surface area contributed by atoms with Crippen molar-refractivity contribution in [2.45, 2.75) is 24.6 Å². The topological polar surface area (TPSA) is 121 Å². The second-order valence-corrected chi connectivity index (χ2v) is 9.72. The van der Waals surface area contributed by atoms with Crippen LogP contribution in [0.4, 0.5) is 17.3 Å². The summed E-state index contributed by atoms with van der Waals surface area (Å²) < 4.78 is 39.3. The van der Waals surface area contributed by atoms with Gasteiger partial charge in [0.15, 0.2) is 21.6 Å². The molecule has 0 fully saturated rings. The van der Waals surface area contributed by atoms with E-state index in [-0.39, 0.29) is 15.6 Å². The van der Waals surface area contributed by atoms with E-state index >= 15 is 0 Å². The van der Waals surface area contributed by atoms with Crippen LogP contribution >= 0.6 is 23.1 Å². The lowest BCUT2D eigenvalue weighted by molar-refractivity contribution is 0.460. The SMILES string of the molecule is Cc1cc(CNc2nsnc2Nc2csc(S(=O)(=O)N(C)C)c2O)oc1C. The van der Waals surface area contributed by atoms with Gasteiger partial charge in [-0.05, 0) is 25.5 Å². The first-order valence-corrected chi connectivity index (χ1v) is 10.9. The number of rotatable bonds is 7. The van der Waals surface area contributed by atoms with Gasteiger partial charge >= 0.3 is 0 Å². The zero-order chi connectivity index (χ0) is 19.8. The highest BCUT2D eigenvalue weighted by molar-refractivity contribution is 7.91. The van der Waals surface area contributed by atoms with Crippen molar-refractivity contribution in [3.05, 3.63) is 28.5 Å². The second-order valence-electron chi connectivity index (χ2n) is 5.96. The lowest BCUT2D eigenvalue weighted by atomic mass is 10.3. The summed E-state index contributed by atoms with van der Waals surface area (Å²) in [6, 6.07) is 1.94. The number of nitrogens with one attached hydrogen (secondary N) is 2. The first kappa shape index (κ1) is 19.6. The molecule has 0 unspecified atom stereocenters. The maximum absolute atomic E-state index is 12.2. The van der Waals surface area contributed by atoms with Crippen molar-refractivity contribution in [1.82, 2.24) is 13.1 Å². The van der Waals surface area contributed by atoms with Gasteiger partial charge in [0.05, 0.1) is 24.0 Å². The molecule has 3 heterocycles. The molecular formula is C15H19N5O4S3. The molecule has 3 N–H and O–H groups in total. The summed E-state index contributed by atoms with van der Waals surface area (Å²) in [4.78, 5) is 0. The van der Waals surface area contributed by atoms with E-state index in [2.05, 4.69) is 19.4 Å². The molecule has 0 aliphatic carbocycles. The zero-order valence-electron chi connectivity index (χ0n) is 15.1. The molecule has 12 heteroatoms. The Balaban J connectivity index is 1.76. The summed E-state index contributed by atoms with van der Waals surface area (Å²) in [6.07, 6.45) is 0. The average Bonchev–Trinajstić information content (AvgIpc) is 3.27. The van der Waals surface area contributed by atoms with Crippen LogP contribution < -0.4 is 10.6 Å². The van der Waals surface area contributed by atoms with Crippen LogP contribution in [0.1, 0.15) is 17.1 Å². The van der Waals surface area contributed by atoms with Crippen LogP contribution in [0, 0.1) is 13.8 Å². The highest BCUT2D eigenvalue weighted by Crippen LogP contribution is 2.40. The van der Waals surface area contributed by atoms with Crippen molar-refractivity contribution in [3.63, 3.8) is 0 Å². The third kappa shape index (κ3) is 3.93. The number of nitrogens with zero attached hydrogens (tertiary/aromatic N) is 3. The van der Waals surface area contributed by atoms with E-state index in [0.717, 1.165) is 44.5 Å². The normalized spacial score (nSPS) is 11.9. The predicted molar refractivity (Wildman–Crippen MR) is 106 cm³/mol. The van der Waals surface area contributed by atoms with Crippen molar-refractivity contribution < 1.29 is 17.9 Å². The molecular weight excluding hydrogens is 410 g/mol. The van der Waals surface area contributed by atoms with Gasteiger partial charge in [-0.2, -0.15) is 8.75 Å². The quantitative estimate of drug-likeness (QED) is 0.524. The molecule has 0 saturated carbocycles. The first-order valence-electron chi connectivity index (χ1n) is 7.82. The standard InChI is InChI=1S/C15H19N5O4S3/c1-8-5-10(24-9(8)2)6-16-13-14(19-26-18-13)17-11-7-25-15(12(11)21)27(22,23)20(3)4/h5,7,21H,6H2,1-4H3,(H,16,18)(H,17,19). The molecule has 27 heavy (non-hydrogen) atoms. The van der Waals surface area contributed by atoms with Gasteiger partial charge in [0, 0.05) is 19.5 Å². The van der Waals surface area contributed by atoms with Gasteiger partial charge in [-0.25, -0.2) is 12.7 Å². The van der Waals surface area contributed by atoms with Gasteiger partial charge in [-0.3, -0.25) is 0 Å². The molecule has 3 aromatic heterocycles. The van der Waals surface area contributed by atoms with Crippen LogP contribution in [-0.4, -0.2) is 40.7 Å². The Morgan fingerprint density at radius 2 is 1.96 bits per heavy atom. The molecule has 0 atom stereocenters. The first-order chi connectivity index (χ1) is 12.7. The summed E-state index contributed by atoms with van der Waals surface area (Å²) in [5.74, 6) is 2.15. The summed E-state index contributed by atoms with van der Waals surface area (Å²) in [5, 5.41) is 17.9. The number of sulfonamides is 1. The fraction of sp³-hybridized carbons (Fsp3) is 0.333. The van der Waals surface area contributed by atoms with Crippen LogP contribution in [0.25, 0.3) is 0 Å². The summed E-state index contributed by atoms with van der Waals surface area (Å²) >= 11 is 1.92. The van der Waals surface area contributed by atoms with Crippen molar-refractivity contribution in [3.8, 4) is 5.75 Å². The Kier molecular flexibility index (Phi) is 5.42. The smallest absolute Gasteiger partial charge is 0.255 e. The van der Waals surface area contributed by atoms with Crippen molar-refractivity contribution in [2.75, 3.05) is 24.7 Å². The van der Waals surface area contributed by atoms with Crippen molar-refractivity contribution >= 4 is 50.4 Å². The zero-order valence-corrected chi connectivity index (χ0v) is 17.5. The highest BCUT2D eigenvalue weighted by Gasteiger charge is 2.26. The van der Waals surface area contributed by atoms with Gasteiger partial charge < -0.3 is 20.2 Å². The summed E-state index contributed by atoms with van der Waals surface area (Å²) in [5.41, 5.74) is 1.32. The van der Waals surface area contributed by atoms with Crippen LogP contribution in [0.2, 0.25) is 0 Å². The van der Waals surface area contributed by atoms with Gasteiger partial charge in [-0.15, -0.1) is 11.3 Å². The van der Waals surface area contributed by atoms with Gasteiger partial charge in [0.2, 0.25) is 0 Å². The van der Waals surface area contributed by atoms with Crippen LogP contribution in [0.5, 0.6) is 5.75 Å². The number of aromatic nitrogens is 2. The van der Waals surface area contributed by atoms with Crippen molar-refractivity contribution in [1.29, 1.82) is 0 Å². The van der Waals surface area contributed by atoms with Crippen LogP contribution in [0.3, 0.4) is 0 Å². The molecule has 3 aromatic rings. The molecule has 0 spiro atoms. The maximum Gasteiger partial charge on any atom is 0.255 e. The Labute approximate surface area is 165 Å². The van der Waals surface area contributed by atoms with E-state index in [4.69, 9.17) is 4.42 Å². The van der Waals surface area contributed by atoms with Crippen LogP contribution in [0.15, 0.2) is 20.1 Å². The number of thiophene rings is 1. The third-order valence-corrected chi connectivity index (χ3v) is 7.67. The molecule has 0 amide bonds. The minimum atomic E-state index is -3.72. The summed E-state index contributed by atoms with van der Waals surface area (Å²) in [7, 11) is -0.906. The lowest BCUT2D eigenvalue weighted by Crippen LogP contribution is -2.21. The maximum atomic E-state index is 12.2. The van der Waals surface area contributed by atoms with E-state index in [1.165, 1.54) is 19.5 Å². The summed E-state index contributed by atoms with van der Waals surface area (Å²) in [6.45, 7) is 4.29. The van der Waals surface area contributed by atoms with E-state index in [1.807, 2.05) is 19.9 Å². The predicted octanol–water partition coefficient (Wildman–Crippen LogP) is 3.12. The average molecular weight is 430 g/mol. The molecule has 0 bridgehead atoms. The Morgan fingerprint density at radius 1 is 1.26 bits per heavy atom. The molecule has 0 aliphatic heterocycles. The van der Waals surface area contributed by atoms with Gasteiger partial charge in [-0.1, -0.05) is 0 Å². The number of hydrogen-bond donors (Lipinski definition) is 3. The number of hydrogen-bond acceptors (Lipinski definition) is 10. The van der Waals surface area contributed by atoms with E-state index in [1.54, 1.807) is 0 Å². The minimum Gasteiger partial charge on any atom is -0.504 e. The fourth-order valence-corrected chi connectivity index (χ4v) is 5.06. The van der Waals surface area contributed by atoms with E-state index < -0.39 is 10.0 Å². The Hall–Kier alpha value is -2.15. The number of aromatic hydroxyl groups is 1. The minimum absolute atomic E-state index is 0.130. The molecule has 0 aliphatic rings. The number of aryl methyl sites for hydroxylation is 2. The molecule has 3 rings (SSSR count). The fourth-order valence-electron chi connectivity index (χ4n) is 2.19.